The van der Waals surface area contributed by atoms with E-state index >= 15 is 0 Å². The molecule has 20 heavy (non-hydrogen) atoms. The summed E-state index contributed by atoms with van der Waals surface area (Å²) in [7, 11) is 2.10. The number of rotatable bonds is 3. The lowest BCUT2D eigenvalue weighted by Crippen LogP contribution is -2.33. The molecule has 0 saturated carbocycles. The van der Waals surface area contributed by atoms with E-state index in [2.05, 4.69) is 17.3 Å². The Bertz CT molecular complexity index is 449. The first-order valence-corrected chi connectivity index (χ1v) is 6.96. The van der Waals surface area contributed by atoms with E-state index in [0.29, 0.717) is 11.6 Å². The van der Waals surface area contributed by atoms with Crippen LogP contribution in [0.4, 0.5) is 18.9 Å². The molecule has 0 bridgehead atoms. The van der Waals surface area contributed by atoms with Gasteiger partial charge in [0, 0.05) is 12.2 Å². The van der Waals surface area contributed by atoms with Crippen LogP contribution < -0.4 is 5.32 Å². The van der Waals surface area contributed by atoms with Crippen LogP contribution in [0.1, 0.15) is 24.0 Å². The van der Waals surface area contributed by atoms with Crippen LogP contribution in [-0.4, -0.2) is 31.6 Å². The number of anilines is 1. The van der Waals surface area contributed by atoms with Crippen molar-refractivity contribution in [1.82, 2.24) is 4.90 Å². The third kappa shape index (κ3) is 3.88. The summed E-state index contributed by atoms with van der Waals surface area (Å²) in [6.45, 7) is 4.70. The second-order valence-corrected chi connectivity index (χ2v) is 5.66. The number of likely N-dealkylation sites (tertiary alicyclic amines) is 1. The largest absolute Gasteiger partial charge is 0.416 e. The fourth-order valence-corrected chi connectivity index (χ4v) is 2.51. The monoisotopic (exact) mass is 286 g/mol. The zero-order valence-corrected chi connectivity index (χ0v) is 11.9. The van der Waals surface area contributed by atoms with Crippen LogP contribution in [0.5, 0.6) is 0 Å². The van der Waals surface area contributed by atoms with Gasteiger partial charge in [-0.05, 0) is 63.5 Å². The summed E-state index contributed by atoms with van der Waals surface area (Å²) in [5.74, 6) is 0.542. The van der Waals surface area contributed by atoms with Crippen molar-refractivity contribution in [2.24, 2.45) is 5.92 Å². The summed E-state index contributed by atoms with van der Waals surface area (Å²) in [6, 6.07) is 3.88. The first-order chi connectivity index (χ1) is 9.36. The van der Waals surface area contributed by atoms with Gasteiger partial charge >= 0.3 is 6.18 Å². The Morgan fingerprint density at radius 3 is 2.50 bits per heavy atom. The SMILES string of the molecule is Cc1ccc(C(F)(F)F)cc1NCC1CCN(C)CC1. The zero-order chi connectivity index (χ0) is 14.8. The molecule has 1 aromatic carbocycles. The second-order valence-electron chi connectivity index (χ2n) is 5.66. The van der Waals surface area contributed by atoms with E-state index in [-0.39, 0.29) is 0 Å². The summed E-state index contributed by atoms with van der Waals surface area (Å²) in [5.41, 5.74) is 0.860. The van der Waals surface area contributed by atoms with Crippen molar-refractivity contribution in [2.45, 2.75) is 25.9 Å². The van der Waals surface area contributed by atoms with E-state index in [1.807, 2.05) is 6.92 Å². The fraction of sp³-hybridized carbons (Fsp3) is 0.600. The minimum Gasteiger partial charge on any atom is -0.385 e. The average Bonchev–Trinajstić information content (AvgIpc) is 2.38. The molecule has 1 fully saturated rings. The van der Waals surface area contributed by atoms with E-state index < -0.39 is 11.7 Å². The van der Waals surface area contributed by atoms with Crippen molar-refractivity contribution in [3.8, 4) is 0 Å². The smallest absolute Gasteiger partial charge is 0.385 e. The number of hydrogen-bond acceptors (Lipinski definition) is 2. The lowest BCUT2D eigenvalue weighted by atomic mass is 9.97. The van der Waals surface area contributed by atoms with E-state index in [1.54, 1.807) is 0 Å². The molecule has 1 N–H and O–H groups in total. The Labute approximate surface area is 118 Å². The molecule has 2 nitrogen and oxygen atoms in total. The van der Waals surface area contributed by atoms with E-state index in [0.717, 1.165) is 44.1 Å². The van der Waals surface area contributed by atoms with Crippen LogP contribution >= 0.6 is 0 Å². The highest BCUT2D eigenvalue weighted by atomic mass is 19.4. The van der Waals surface area contributed by atoms with E-state index in [9.17, 15) is 13.2 Å². The van der Waals surface area contributed by atoms with Crippen LogP contribution in [0.2, 0.25) is 0 Å². The maximum absolute atomic E-state index is 12.7. The lowest BCUT2D eigenvalue weighted by Gasteiger charge is -2.29. The molecule has 1 aliphatic heterocycles. The van der Waals surface area contributed by atoms with Gasteiger partial charge in [0.15, 0.2) is 0 Å². The third-order valence-electron chi connectivity index (χ3n) is 3.98. The van der Waals surface area contributed by atoms with Crippen molar-refractivity contribution in [3.63, 3.8) is 0 Å². The lowest BCUT2D eigenvalue weighted by molar-refractivity contribution is -0.137. The standard InChI is InChI=1S/C15H21F3N2/c1-11-3-4-13(15(16,17)18)9-14(11)19-10-12-5-7-20(2)8-6-12/h3-4,9,12,19H,5-8,10H2,1-2H3. The third-order valence-corrected chi connectivity index (χ3v) is 3.98. The minimum atomic E-state index is -4.28. The number of nitrogens with zero attached hydrogens (tertiary/aromatic N) is 1. The van der Waals surface area contributed by atoms with Crippen molar-refractivity contribution in [2.75, 3.05) is 32.0 Å². The molecular formula is C15H21F3N2. The minimum absolute atomic E-state index is 0.542. The van der Waals surface area contributed by atoms with E-state index in [4.69, 9.17) is 0 Å². The van der Waals surface area contributed by atoms with Gasteiger partial charge in [-0.15, -0.1) is 0 Å². The predicted octanol–water partition coefficient (Wildman–Crippen LogP) is 3.77. The Kier molecular flexibility index (Phi) is 4.58. The molecule has 0 spiro atoms. The number of aryl methyl sites for hydroxylation is 1. The average molecular weight is 286 g/mol. The van der Waals surface area contributed by atoms with Gasteiger partial charge in [0.1, 0.15) is 0 Å². The van der Waals surface area contributed by atoms with Crippen LogP contribution in [0.3, 0.4) is 0 Å². The fourth-order valence-electron chi connectivity index (χ4n) is 2.51. The van der Waals surface area contributed by atoms with Crippen molar-refractivity contribution >= 4 is 5.69 Å². The van der Waals surface area contributed by atoms with Crippen LogP contribution in [0.25, 0.3) is 0 Å². The van der Waals surface area contributed by atoms with Crippen molar-refractivity contribution in [3.05, 3.63) is 29.3 Å². The number of alkyl halides is 3. The van der Waals surface area contributed by atoms with Crippen LogP contribution in [0, 0.1) is 12.8 Å². The van der Waals surface area contributed by atoms with Gasteiger partial charge < -0.3 is 10.2 Å². The summed E-state index contributed by atoms with van der Waals surface area (Å²) in [4.78, 5) is 2.28. The molecule has 0 aliphatic carbocycles. The zero-order valence-electron chi connectivity index (χ0n) is 11.9. The number of benzene rings is 1. The Morgan fingerprint density at radius 2 is 1.90 bits per heavy atom. The molecule has 5 heteroatoms. The molecular weight excluding hydrogens is 265 g/mol. The van der Waals surface area contributed by atoms with Crippen molar-refractivity contribution < 1.29 is 13.2 Å². The van der Waals surface area contributed by atoms with Crippen LogP contribution in [-0.2, 0) is 6.18 Å². The second kappa shape index (κ2) is 6.04. The predicted molar refractivity (Wildman–Crippen MR) is 74.9 cm³/mol. The summed E-state index contributed by atoms with van der Waals surface area (Å²) >= 11 is 0. The van der Waals surface area contributed by atoms with Gasteiger partial charge in [-0.1, -0.05) is 6.07 Å². The van der Waals surface area contributed by atoms with Gasteiger partial charge in [0.25, 0.3) is 0 Å². The number of hydrogen-bond donors (Lipinski definition) is 1. The molecule has 1 aromatic rings. The molecule has 112 valence electrons. The topological polar surface area (TPSA) is 15.3 Å². The highest BCUT2D eigenvalue weighted by Gasteiger charge is 2.30. The maximum Gasteiger partial charge on any atom is 0.416 e. The van der Waals surface area contributed by atoms with Crippen LogP contribution in [0.15, 0.2) is 18.2 Å². The Hall–Kier alpha value is -1.23. The normalized spacial score (nSPS) is 18.2. The quantitative estimate of drug-likeness (QED) is 0.910. The first-order valence-electron chi connectivity index (χ1n) is 6.96. The molecule has 0 amide bonds. The van der Waals surface area contributed by atoms with Gasteiger partial charge in [-0.3, -0.25) is 0 Å². The molecule has 1 heterocycles. The highest BCUT2D eigenvalue weighted by Crippen LogP contribution is 2.32. The van der Waals surface area contributed by atoms with E-state index in [1.165, 1.54) is 12.1 Å². The Morgan fingerprint density at radius 1 is 1.25 bits per heavy atom. The molecule has 0 aromatic heterocycles. The molecule has 0 atom stereocenters. The molecule has 2 rings (SSSR count). The van der Waals surface area contributed by atoms with Crippen molar-refractivity contribution in [1.29, 1.82) is 0 Å². The van der Waals surface area contributed by atoms with Gasteiger partial charge in [-0.2, -0.15) is 13.2 Å². The highest BCUT2D eigenvalue weighted by molar-refractivity contribution is 5.53. The summed E-state index contributed by atoms with van der Waals surface area (Å²) in [6.07, 6.45) is -2.08. The summed E-state index contributed by atoms with van der Waals surface area (Å²) in [5, 5.41) is 3.19. The molecule has 1 saturated heterocycles. The number of nitrogens with one attached hydrogen (secondary N) is 1. The molecule has 1 aliphatic rings. The molecule has 0 radical (unpaired) electrons. The van der Waals surface area contributed by atoms with Gasteiger partial charge in [0.2, 0.25) is 0 Å². The van der Waals surface area contributed by atoms with Gasteiger partial charge in [-0.25, -0.2) is 0 Å². The maximum atomic E-state index is 12.7. The first kappa shape index (κ1) is 15.2. The number of piperidine rings is 1. The summed E-state index contributed by atoms with van der Waals surface area (Å²) < 4.78 is 38.1. The molecule has 0 unspecified atom stereocenters. The number of halogens is 3. The Balaban J connectivity index is 1.98. The van der Waals surface area contributed by atoms with Gasteiger partial charge in [0.05, 0.1) is 5.56 Å².